The van der Waals surface area contributed by atoms with Crippen LogP contribution in [0.25, 0.3) is 10.9 Å². The molecule has 2 atom stereocenters. The number of fused-ring (bicyclic) bond motifs is 1. The van der Waals surface area contributed by atoms with Crippen LogP contribution in [0, 0.1) is 24.5 Å². The molecule has 0 radical (unpaired) electrons. The van der Waals surface area contributed by atoms with Crippen LogP contribution in [0.5, 0.6) is 5.75 Å². The summed E-state index contributed by atoms with van der Waals surface area (Å²) in [5.41, 5.74) is 0.204. The Hall–Kier alpha value is -2.93. The maximum Gasteiger partial charge on any atom is 0.311 e. The number of carbonyl (C=O) groups is 2. The summed E-state index contributed by atoms with van der Waals surface area (Å²) in [6, 6.07) is 6.87. The fourth-order valence-electron chi connectivity index (χ4n) is 3.79. The Morgan fingerprint density at radius 2 is 1.90 bits per heavy atom. The van der Waals surface area contributed by atoms with Gasteiger partial charge in [-0.1, -0.05) is 37.9 Å². The first-order chi connectivity index (χ1) is 14.1. The molecule has 3 aromatic rings. The number of hydrogen-bond acceptors (Lipinski definition) is 3. The van der Waals surface area contributed by atoms with Crippen LogP contribution in [0.1, 0.15) is 47.8 Å². The molecule has 8 heteroatoms. The van der Waals surface area contributed by atoms with Gasteiger partial charge in [-0.2, -0.15) is 0 Å². The van der Waals surface area contributed by atoms with E-state index in [1.54, 1.807) is 26.0 Å². The Bertz CT molecular complexity index is 1170. The third-order valence-electron chi connectivity index (χ3n) is 5.47. The first-order valence-corrected chi connectivity index (χ1v) is 9.72. The van der Waals surface area contributed by atoms with Crippen LogP contribution in [0.15, 0.2) is 30.3 Å². The molecule has 2 aromatic carbocycles. The number of aromatic nitrogens is 1. The van der Waals surface area contributed by atoms with Gasteiger partial charge in [0.05, 0.1) is 11.4 Å². The molecule has 0 aliphatic carbocycles. The number of aromatic hydroxyl groups is 1. The predicted octanol–water partition coefficient (Wildman–Crippen LogP) is 5.49. The summed E-state index contributed by atoms with van der Waals surface area (Å²) in [5.74, 6) is -7.16. The van der Waals surface area contributed by atoms with Crippen molar-refractivity contribution in [3.8, 4) is 5.75 Å². The predicted molar refractivity (Wildman–Crippen MR) is 109 cm³/mol. The fraction of sp³-hybridized carbons (Fsp3) is 0.273. The zero-order valence-electron chi connectivity index (χ0n) is 16.5. The maximum absolute atomic E-state index is 15.0. The van der Waals surface area contributed by atoms with Crippen LogP contribution in [0.2, 0.25) is 5.02 Å². The largest absolute Gasteiger partial charge is 0.503 e. The Morgan fingerprint density at radius 1 is 1.23 bits per heavy atom. The van der Waals surface area contributed by atoms with E-state index in [0.29, 0.717) is 11.4 Å². The molecule has 0 saturated heterocycles. The standard InChI is InChI=1S/C22H20ClF2NO4/c1-4-10(2)16(22(29)30)17-11(3)26(21(28)12-6-5-7-13(23)8-12)15-9-14(24)20(27)19(25)18(15)17/h5-10,16,27H,4H2,1-3H3,(H,29,30). The molecule has 0 spiro atoms. The van der Waals surface area contributed by atoms with Crippen LogP contribution < -0.4 is 0 Å². The van der Waals surface area contributed by atoms with Gasteiger partial charge < -0.3 is 10.2 Å². The lowest BCUT2D eigenvalue weighted by Gasteiger charge is -2.20. The quantitative estimate of drug-likeness (QED) is 0.555. The van der Waals surface area contributed by atoms with Crippen molar-refractivity contribution in [3.05, 3.63) is 63.8 Å². The van der Waals surface area contributed by atoms with Gasteiger partial charge >= 0.3 is 5.97 Å². The van der Waals surface area contributed by atoms with Gasteiger partial charge in [0, 0.05) is 27.7 Å². The molecule has 1 aromatic heterocycles. The Balaban J connectivity index is 2.44. The molecular weight excluding hydrogens is 416 g/mol. The molecule has 2 unspecified atom stereocenters. The Labute approximate surface area is 176 Å². The minimum absolute atomic E-state index is 0.0371. The number of nitrogens with zero attached hydrogens (tertiary/aromatic N) is 1. The smallest absolute Gasteiger partial charge is 0.311 e. The molecule has 0 aliphatic heterocycles. The van der Waals surface area contributed by atoms with Crippen molar-refractivity contribution in [2.45, 2.75) is 33.1 Å². The number of aliphatic carboxylic acids is 1. The highest BCUT2D eigenvalue weighted by Crippen LogP contribution is 2.41. The average Bonchev–Trinajstić information content (AvgIpc) is 2.97. The lowest BCUT2D eigenvalue weighted by molar-refractivity contribution is -0.140. The lowest BCUT2D eigenvalue weighted by Crippen LogP contribution is -2.21. The molecule has 3 rings (SSSR count). The van der Waals surface area contributed by atoms with Crippen LogP contribution in [0.3, 0.4) is 0 Å². The van der Waals surface area contributed by atoms with Crippen LogP contribution in [0.4, 0.5) is 8.78 Å². The molecule has 0 fully saturated rings. The van der Waals surface area contributed by atoms with E-state index in [0.717, 1.165) is 10.6 Å². The molecule has 158 valence electrons. The second-order valence-electron chi connectivity index (χ2n) is 7.27. The molecule has 0 bridgehead atoms. The van der Waals surface area contributed by atoms with Crippen molar-refractivity contribution < 1.29 is 28.6 Å². The van der Waals surface area contributed by atoms with Crippen LogP contribution in [-0.4, -0.2) is 26.7 Å². The summed E-state index contributed by atoms with van der Waals surface area (Å²) >= 11 is 5.97. The number of phenols is 1. The normalized spacial score (nSPS) is 13.4. The summed E-state index contributed by atoms with van der Waals surface area (Å²) in [5, 5.41) is 19.7. The second kappa shape index (κ2) is 8.07. The summed E-state index contributed by atoms with van der Waals surface area (Å²) in [6.45, 7) is 4.96. The monoisotopic (exact) mass is 435 g/mol. The van der Waals surface area contributed by atoms with E-state index in [-0.39, 0.29) is 27.7 Å². The Morgan fingerprint density at radius 3 is 2.47 bits per heavy atom. The summed E-state index contributed by atoms with van der Waals surface area (Å²) in [6.07, 6.45) is 0.472. The van der Waals surface area contributed by atoms with Crippen molar-refractivity contribution in [3.63, 3.8) is 0 Å². The van der Waals surface area contributed by atoms with Gasteiger partial charge in [0.15, 0.2) is 17.4 Å². The number of benzene rings is 2. The zero-order valence-corrected chi connectivity index (χ0v) is 17.3. The number of carbonyl (C=O) groups excluding carboxylic acids is 1. The van der Waals surface area contributed by atoms with Crippen molar-refractivity contribution >= 4 is 34.4 Å². The minimum Gasteiger partial charge on any atom is -0.503 e. The number of rotatable bonds is 5. The third kappa shape index (κ3) is 3.43. The van der Waals surface area contributed by atoms with Gasteiger partial charge in [-0.15, -0.1) is 0 Å². The van der Waals surface area contributed by atoms with E-state index < -0.39 is 41.1 Å². The van der Waals surface area contributed by atoms with Gasteiger partial charge in [0.2, 0.25) is 0 Å². The SMILES string of the molecule is CCC(C)C(C(=O)O)c1c(C)n(C(=O)c2cccc(Cl)c2)c2cc(F)c(O)c(F)c12. The number of carboxylic acid groups (broad SMARTS) is 1. The minimum atomic E-state index is -1.30. The molecule has 1 heterocycles. The molecule has 0 amide bonds. The van der Waals surface area contributed by atoms with Gasteiger partial charge in [-0.25, -0.2) is 8.78 Å². The van der Waals surface area contributed by atoms with E-state index in [2.05, 4.69) is 0 Å². The van der Waals surface area contributed by atoms with E-state index in [1.807, 2.05) is 0 Å². The van der Waals surface area contributed by atoms with E-state index in [1.165, 1.54) is 19.1 Å². The van der Waals surface area contributed by atoms with Gasteiger partial charge in [0.1, 0.15) is 0 Å². The van der Waals surface area contributed by atoms with Crippen molar-refractivity contribution in [2.75, 3.05) is 0 Å². The molecular formula is C22H20ClF2NO4. The first kappa shape index (κ1) is 21.8. The second-order valence-corrected chi connectivity index (χ2v) is 7.70. The van der Waals surface area contributed by atoms with E-state index >= 15 is 4.39 Å². The fourth-order valence-corrected chi connectivity index (χ4v) is 3.98. The summed E-state index contributed by atoms with van der Waals surface area (Å²) in [4.78, 5) is 25.3. The molecule has 2 N–H and O–H groups in total. The topological polar surface area (TPSA) is 79.5 Å². The lowest BCUT2D eigenvalue weighted by atomic mass is 9.84. The van der Waals surface area contributed by atoms with Gasteiger partial charge in [0.25, 0.3) is 5.91 Å². The highest BCUT2D eigenvalue weighted by atomic mass is 35.5. The highest BCUT2D eigenvalue weighted by molar-refractivity contribution is 6.31. The summed E-state index contributed by atoms with van der Waals surface area (Å²) in [7, 11) is 0. The van der Waals surface area contributed by atoms with Crippen molar-refractivity contribution in [1.82, 2.24) is 4.57 Å². The zero-order chi connectivity index (χ0) is 22.3. The van der Waals surface area contributed by atoms with Gasteiger partial charge in [-0.05, 0) is 36.6 Å². The van der Waals surface area contributed by atoms with Crippen LogP contribution >= 0.6 is 11.6 Å². The number of carboxylic acids is 1. The third-order valence-corrected chi connectivity index (χ3v) is 5.71. The number of halogens is 3. The first-order valence-electron chi connectivity index (χ1n) is 9.35. The molecule has 5 nitrogen and oxygen atoms in total. The number of hydrogen-bond donors (Lipinski definition) is 2. The van der Waals surface area contributed by atoms with Crippen LogP contribution in [-0.2, 0) is 4.79 Å². The molecule has 0 saturated carbocycles. The van der Waals surface area contributed by atoms with E-state index in [9.17, 15) is 24.2 Å². The number of phenolic OH excluding ortho intramolecular Hbond substituents is 1. The highest BCUT2D eigenvalue weighted by Gasteiger charge is 2.35. The maximum atomic E-state index is 15.0. The van der Waals surface area contributed by atoms with Crippen molar-refractivity contribution in [1.29, 1.82) is 0 Å². The van der Waals surface area contributed by atoms with Crippen molar-refractivity contribution in [2.24, 2.45) is 5.92 Å². The average molecular weight is 436 g/mol. The molecule has 0 aliphatic rings. The Kier molecular flexibility index (Phi) is 5.85. The summed E-state index contributed by atoms with van der Waals surface area (Å²) < 4.78 is 30.3. The van der Waals surface area contributed by atoms with Gasteiger partial charge in [-0.3, -0.25) is 14.2 Å². The van der Waals surface area contributed by atoms with E-state index in [4.69, 9.17) is 11.6 Å². The molecule has 30 heavy (non-hydrogen) atoms.